The molecular formula is C11H12N2O2. The summed E-state index contributed by atoms with van der Waals surface area (Å²) in [6.07, 6.45) is 5.22. The van der Waals surface area contributed by atoms with Crippen LogP contribution in [0.25, 0.3) is 0 Å². The van der Waals surface area contributed by atoms with E-state index in [4.69, 9.17) is 17.3 Å². The molecule has 0 saturated carbocycles. The van der Waals surface area contributed by atoms with Gasteiger partial charge >= 0.3 is 0 Å². The summed E-state index contributed by atoms with van der Waals surface area (Å²) in [5.41, 5.74) is 5.99. The number of carbonyl (C=O) groups excluding carboxylic acids is 1. The van der Waals surface area contributed by atoms with E-state index in [1.165, 1.54) is 12.1 Å². The maximum atomic E-state index is 11.4. The molecule has 15 heavy (non-hydrogen) atoms. The van der Waals surface area contributed by atoms with E-state index < -0.39 is 6.04 Å². The third-order valence-corrected chi connectivity index (χ3v) is 1.79. The number of terminal acetylenes is 1. The molecule has 1 aromatic carbocycles. The number of hydrogen-bond donors (Lipinski definition) is 3. The molecule has 0 bridgehead atoms. The Kier molecular flexibility index (Phi) is 3.72. The highest BCUT2D eigenvalue weighted by Crippen LogP contribution is 2.15. The average Bonchev–Trinajstić information content (AvgIpc) is 2.18. The number of nitrogens with one attached hydrogen (secondary N) is 1. The fourth-order valence-electron chi connectivity index (χ4n) is 1.04. The van der Waals surface area contributed by atoms with Crippen LogP contribution in [0.3, 0.4) is 0 Å². The second-order valence-corrected chi connectivity index (χ2v) is 3.05. The summed E-state index contributed by atoms with van der Waals surface area (Å²) in [6.45, 7) is 0. The molecule has 4 N–H and O–H groups in total. The minimum Gasteiger partial charge on any atom is -0.508 e. The quantitative estimate of drug-likeness (QED) is 0.634. The van der Waals surface area contributed by atoms with Crippen LogP contribution in [-0.2, 0) is 4.79 Å². The molecule has 0 aliphatic rings. The zero-order valence-electron chi connectivity index (χ0n) is 8.10. The molecule has 0 aromatic heterocycles. The summed E-state index contributed by atoms with van der Waals surface area (Å²) in [5.74, 6) is 2.03. The molecule has 0 saturated heterocycles. The number of rotatable bonds is 3. The van der Waals surface area contributed by atoms with Gasteiger partial charge in [0.05, 0.1) is 6.04 Å². The number of carbonyl (C=O) groups is 1. The molecule has 0 aliphatic heterocycles. The molecule has 1 aromatic rings. The van der Waals surface area contributed by atoms with Gasteiger partial charge in [0.15, 0.2) is 0 Å². The van der Waals surface area contributed by atoms with Gasteiger partial charge in [-0.15, -0.1) is 12.3 Å². The lowest BCUT2D eigenvalue weighted by molar-refractivity contribution is -0.117. The molecule has 0 spiro atoms. The number of aromatic hydroxyl groups is 1. The molecule has 78 valence electrons. The van der Waals surface area contributed by atoms with Gasteiger partial charge in [-0.3, -0.25) is 4.79 Å². The SMILES string of the molecule is C#CCC(N)C(=O)Nc1cccc(O)c1. The first-order chi connectivity index (χ1) is 7.13. The number of nitrogens with two attached hydrogens (primary N) is 1. The zero-order chi connectivity index (χ0) is 11.3. The van der Waals surface area contributed by atoms with E-state index in [1.807, 2.05) is 0 Å². The van der Waals surface area contributed by atoms with Gasteiger partial charge in [-0.25, -0.2) is 0 Å². The zero-order valence-corrected chi connectivity index (χ0v) is 8.10. The third-order valence-electron chi connectivity index (χ3n) is 1.79. The highest BCUT2D eigenvalue weighted by molar-refractivity contribution is 5.94. The lowest BCUT2D eigenvalue weighted by Crippen LogP contribution is -2.35. The normalized spacial score (nSPS) is 11.5. The molecular weight excluding hydrogens is 192 g/mol. The number of hydrogen-bond acceptors (Lipinski definition) is 3. The van der Waals surface area contributed by atoms with E-state index in [9.17, 15) is 4.79 Å². The van der Waals surface area contributed by atoms with Crippen LogP contribution in [0.15, 0.2) is 24.3 Å². The highest BCUT2D eigenvalue weighted by Gasteiger charge is 2.11. The van der Waals surface area contributed by atoms with Crippen LogP contribution in [0.4, 0.5) is 5.69 Å². The van der Waals surface area contributed by atoms with Crippen molar-refractivity contribution < 1.29 is 9.90 Å². The van der Waals surface area contributed by atoms with Crippen molar-refractivity contribution in [3.05, 3.63) is 24.3 Å². The average molecular weight is 204 g/mol. The molecule has 1 unspecified atom stereocenters. The number of phenols is 1. The predicted octanol–water partition coefficient (Wildman–Crippen LogP) is 0.681. The fraction of sp³-hybridized carbons (Fsp3) is 0.182. The molecule has 0 radical (unpaired) electrons. The molecule has 0 aliphatic carbocycles. The summed E-state index contributed by atoms with van der Waals surface area (Å²) in [7, 11) is 0. The van der Waals surface area contributed by atoms with Gasteiger partial charge in [0.1, 0.15) is 5.75 Å². The van der Waals surface area contributed by atoms with Crippen molar-refractivity contribution in [3.8, 4) is 18.1 Å². The summed E-state index contributed by atoms with van der Waals surface area (Å²) >= 11 is 0. The van der Waals surface area contributed by atoms with Gasteiger partial charge in [-0.1, -0.05) is 6.07 Å². The summed E-state index contributed by atoms with van der Waals surface area (Å²) in [6, 6.07) is 5.49. The monoisotopic (exact) mass is 204 g/mol. The van der Waals surface area contributed by atoms with Crippen molar-refractivity contribution in [1.29, 1.82) is 0 Å². The summed E-state index contributed by atoms with van der Waals surface area (Å²) in [5, 5.41) is 11.7. The Morgan fingerprint density at radius 1 is 1.67 bits per heavy atom. The van der Waals surface area contributed by atoms with Gasteiger partial charge in [0.25, 0.3) is 0 Å². The minimum absolute atomic E-state index is 0.0818. The highest BCUT2D eigenvalue weighted by atomic mass is 16.3. The van der Waals surface area contributed by atoms with Crippen LogP contribution in [0.5, 0.6) is 5.75 Å². The fourth-order valence-corrected chi connectivity index (χ4v) is 1.04. The Morgan fingerprint density at radius 3 is 3.00 bits per heavy atom. The van der Waals surface area contributed by atoms with E-state index >= 15 is 0 Å². The van der Waals surface area contributed by atoms with Crippen LogP contribution in [0.1, 0.15) is 6.42 Å². The lowest BCUT2D eigenvalue weighted by Gasteiger charge is -2.09. The minimum atomic E-state index is -0.725. The Balaban J connectivity index is 2.63. The van der Waals surface area contributed by atoms with Crippen molar-refractivity contribution in [2.45, 2.75) is 12.5 Å². The van der Waals surface area contributed by atoms with E-state index in [0.29, 0.717) is 5.69 Å². The molecule has 1 amide bonds. The Labute approximate surface area is 88.1 Å². The maximum Gasteiger partial charge on any atom is 0.242 e. The van der Waals surface area contributed by atoms with E-state index in [-0.39, 0.29) is 18.1 Å². The van der Waals surface area contributed by atoms with Crippen molar-refractivity contribution in [2.24, 2.45) is 5.73 Å². The maximum absolute atomic E-state index is 11.4. The number of phenolic OH excluding ortho intramolecular Hbond substituents is 1. The second kappa shape index (κ2) is 5.03. The van der Waals surface area contributed by atoms with Crippen LogP contribution in [0.2, 0.25) is 0 Å². The third kappa shape index (κ3) is 3.33. The number of amides is 1. The van der Waals surface area contributed by atoms with E-state index in [2.05, 4.69) is 11.2 Å². The van der Waals surface area contributed by atoms with Gasteiger partial charge in [0.2, 0.25) is 5.91 Å². The van der Waals surface area contributed by atoms with Gasteiger partial charge in [-0.05, 0) is 12.1 Å². The lowest BCUT2D eigenvalue weighted by atomic mass is 10.2. The Bertz CT molecular complexity index is 396. The molecule has 1 rings (SSSR count). The van der Waals surface area contributed by atoms with Gasteiger partial charge < -0.3 is 16.2 Å². The van der Waals surface area contributed by atoms with Crippen molar-refractivity contribution in [3.63, 3.8) is 0 Å². The van der Waals surface area contributed by atoms with Gasteiger partial charge in [-0.2, -0.15) is 0 Å². The van der Waals surface area contributed by atoms with Crippen LogP contribution in [-0.4, -0.2) is 17.1 Å². The van der Waals surface area contributed by atoms with Crippen LogP contribution in [0, 0.1) is 12.3 Å². The van der Waals surface area contributed by atoms with Crippen molar-refractivity contribution in [1.82, 2.24) is 0 Å². The summed E-state index contributed by atoms with van der Waals surface area (Å²) < 4.78 is 0. The molecule has 4 nitrogen and oxygen atoms in total. The van der Waals surface area contributed by atoms with Gasteiger partial charge in [0, 0.05) is 18.2 Å². The van der Waals surface area contributed by atoms with Crippen LogP contribution >= 0.6 is 0 Å². The summed E-state index contributed by atoms with van der Waals surface area (Å²) in [4.78, 5) is 11.4. The molecule has 4 heteroatoms. The topological polar surface area (TPSA) is 75.4 Å². The second-order valence-electron chi connectivity index (χ2n) is 3.05. The first kappa shape index (κ1) is 11.1. The van der Waals surface area contributed by atoms with Crippen LogP contribution < -0.4 is 11.1 Å². The Morgan fingerprint density at radius 2 is 2.40 bits per heavy atom. The first-order valence-electron chi connectivity index (χ1n) is 4.42. The number of anilines is 1. The van der Waals surface area contributed by atoms with Crippen molar-refractivity contribution in [2.75, 3.05) is 5.32 Å². The predicted molar refractivity (Wildman–Crippen MR) is 58.2 cm³/mol. The molecule has 0 fully saturated rings. The largest absolute Gasteiger partial charge is 0.508 e. The van der Waals surface area contributed by atoms with E-state index in [0.717, 1.165) is 0 Å². The first-order valence-corrected chi connectivity index (χ1v) is 4.42. The smallest absolute Gasteiger partial charge is 0.242 e. The van der Waals surface area contributed by atoms with E-state index in [1.54, 1.807) is 12.1 Å². The molecule has 1 atom stereocenters. The van der Waals surface area contributed by atoms with Crippen molar-refractivity contribution >= 4 is 11.6 Å². The Hall–Kier alpha value is -1.99. The standard InChI is InChI=1S/C11H12N2O2/c1-2-4-10(12)11(15)13-8-5-3-6-9(14)7-8/h1,3,5-7,10,14H,4,12H2,(H,13,15). The number of benzene rings is 1. The molecule has 0 heterocycles.